The second-order valence-electron chi connectivity index (χ2n) is 6.17. The van der Waals surface area contributed by atoms with Crippen molar-refractivity contribution in [2.45, 2.75) is 25.6 Å². The van der Waals surface area contributed by atoms with Gasteiger partial charge in [0.25, 0.3) is 5.56 Å². The molecule has 0 radical (unpaired) electrons. The SMILES string of the molecule is NC(=O)c1cccc2c1CCCN2C(=O)Cn1cccc(C(F)(F)F)c1=O. The standard InChI is InChI=1S/C18H16F3N3O3/c19-18(20,21)13-6-3-8-23(17(13)27)10-15(25)24-9-2-5-11-12(16(22)26)4-1-7-14(11)24/h1,3-4,6-8H,2,5,9-10H2,(H2,22,26). The summed E-state index contributed by atoms with van der Waals surface area (Å²) in [7, 11) is 0. The van der Waals surface area contributed by atoms with Gasteiger partial charge >= 0.3 is 6.18 Å². The zero-order chi connectivity index (χ0) is 19.8. The monoisotopic (exact) mass is 379 g/mol. The Morgan fingerprint density at radius 1 is 1.15 bits per heavy atom. The van der Waals surface area contributed by atoms with E-state index in [9.17, 15) is 27.6 Å². The van der Waals surface area contributed by atoms with Crippen LogP contribution in [0.3, 0.4) is 0 Å². The van der Waals surface area contributed by atoms with Gasteiger partial charge in [-0.25, -0.2) is 0 Å². The van der Waals surface area contributed by atoms with Crippen molar-refractivity contribution in [3.63, 3.8) is 0 Å². The van der Waals surface area contributed by atoms with Crippen molar-refractivity contribution in [2.75, 3.05) is 11.4 Å². The molecule has 2 N–H and O–H groups in total. The van der Waals surface area contributed by atoms with Crippen molar-refractivity contribution in [3.05, 3.63) is 63.6 Å². The largest absolute Gasteiger partial charge is 0.421 e. The average Bonchev–Trinajstić information content (AvgIpc) is 2.61. The lowest BCUT2D eigenvalue weighted by Crippen LogP contribution is -2.40. The fraction of sp³-hybridized carbons (Fsp3) is 0.278. The van der Waals surface area contributed by atoms with Crippen LogP contribution >= 0.6 is 0 Å². The van der Waals surface area contributed by atoms with Gasteiger partial charge in [-0.1, -0.05) is 6.07 Å². The predicted molar refractivity (Wildman–Crippen MR) is 91.3 cm³/mol. The number of hydrogen-bond acceptors (Lipinski definition) is 3. The van der Waals surface area contributed by atoms with Crippen LogP contribution in [0.1, 0.15) is 27.9 Å². The first kappa shape index (κ1) is 18.7. The highest BCUT2D eigenvalue weighted by atomic mass is 19.4. The molecule has 0 saturated carbocycles. The van der Waals surface area contributed by atoms with E-state index in [0.29, 0.717) is 42.3 Å². The normalized spacial score (nSPS) is 14.0. The Morgan fingerprint density at radius 3 is 2.56 bits per heavy atom. The van der Waals surface area contributed by atoms with Gasteiger partial charge in [0.2, 0.25) is 11.8 Å². The van der Waals surface area contributed by atoms with E-state index in [1.165, 1.54) is 4.90 Å². The number of anilines is 1. The number of alkyl halides is 3. The van der Waals surface area contributed by atoms with Crippen LogP contribution in [0.15, 0.2) is 41.3 Å². The minimum absolute atomic E-state index is 0.307. The molecule has 27 heavy (non-hydrogen) atoms. The molecule has 2 heterocycles. The number of primary amides is 1. The highest BCUT2D eigenvalue weighted by molar-refractivity contribution is 6.00. The molecule has 0 unspecified atom stereocenters. The fourth-order valence-corrected chi connectivity index (χ4v) is 3.22. The van der Waals surface area contributed by atoms with Gasteiger partial charge in [0.1, 0.15) is 12.1 Å². The summed E-state index contributed by atoms with van der Waals surface area (Å²) in [6, 6.07) is 6.55. The third-order valence-corrected chi connectivity index (χ3v) is 4.45. The van der Waals surface area contributed by atoms with Crippen molar-refractivity contribution < 1.29 is 22.8 Å². The summed E-state index contributed by atoms with van der Waals surface area (Å²) in [4.78, 5) is 37.7. The molecule has 0 atom stereocenters. The molecular weight excluding hydrogens is 363 g/mol. The lowest BCUT2D eigenvalue weighted by atomic mass is 9.96. The summed E-state index contributed by atoms with van der Waals surface area (Å²) in [5, 5.41) is 0. The Balaban J connectivity index is 1.93. The molecule has 1 aromatic heterocycles. The summed E-state index contributed by atoms with van der Waals surface area (Å²) in [6.07, 6.45) is -2.53. The molecule has 0 spiro atoms. The summed E-state index contributed by atoms with van der Waals surface area (Å²) in [6.45, 7) is -0.204. The molecule has 9 heteroatoms. The number of amides is 2. The van der Waals surface area contributed by atoms with Crippen LogP contribution in [0, 0.1) is 0 Å². The summed E-state index contributed by atoms with van der Waals surface area (Å²) in [5.41, 5.74) is 4.18. The van der Waals surface area contributed by atoms with Crippen molar-refractivity contribution in [2.24, 2.45) is 5.73 Å². The molecule has 142 valence electrons. The highest BCUT2D eigenvalue weighted by Gasteiger charge is 2.34. The number of fused-ring (bicyclic) bond motifs is 1. The zero-order valence-corrected chi connectivity index (χ0v) is 14.1. The number of carbonyl (C=O) groups is 2. The number of carbonyl (C=O) groups excluding carboxylic acids is 2. The molecule has 1 aliphatic rings. The second-order valence-corrected chi connectivity index (χ2v) is 6.17. The van der Waals surface area contributed by atoms with Gasteiger partial charge in [0, 0.05) is 24.0 Å². The molecule has 1 aromatic carbocycles. The third kappa shape index (κ3) is 3.57. The molecule has 1 aliphatic heterocycles. The van der Waals surface area contributed by atoms with Crippen molar-refractivity contribution in [1.29, 1.82) is 0 Å². The molecule has 0 aliphatic carbocycles. The Morgan fingerprint density at radius 2 is 1.89 bits per heavy atom. The van der Waals surface area contributed by atoms with Crippen LogP contribution in [-0.4, -0.2) is 22.9 Å². The van der Waals surface area contributed by atoms with E-state index in [-0.39, 0.29) is 0 Å². The van der Waals surface area contributed by atoms with Crippen LogP contribution in [-0.2, 0) is 23.9 Å². The summed E-state index contributed by atoms with van der Waals surface area (Å²) in [5.74, 6) is -1.16. The molecule has 3 rings (SSSR count). The lowest BCUT2D eigenvalue weighted by Gasteiger charge is -2.30. The molecule has 0 bridgehead atoms. The number of benzene rings is 1. The quantitative estimate of drug-likeness (QED) is 0.885. The molecule has 0 fully saturated rings. The first-order chi connectivity index (χ1) is 12.7. The summed E-state index contributed by atoms with van der Waals surface area (Å²) < 4.78 is 39.4. The average molecular weight is 379 g/mol. The Kier molecular flexibility index (Phi) is 4.77. The molecule has 0 saturated heterocycles. The van der Waals surface area contributed by atoms with E-state index in [0.717, 1.165) is 16.8 Å². The maximum atomic E-state index is 12.9. The van der Waals surface area contributed by atoms with E-state index >= 15 is 0 Å². The van der Waals surface area contributed by atoms with Gasteiger partial charge in [-0.2, -0.15) is 13.2 Å². The van der Waals surface area contributed by atoms with Crippen LogP contribution < -0.4 is 16.2 Å². The van der Waals surface area contributed by atoms with Crippen LogP contribution in [0.5, 0.6) is 0 Å². The van der Waals surface area contributed by atoms with E-state index in [2.05, 4.69) is 0 Å². The number of nitrogens with zero attached hydrogens (tertiary/aromatic N) is 2. The maximum absolute atomic E-state index is 12.9. The van der Waals surface area contributed by atoms with Crippen molar-refractivity contribution in [1.82, 2.24) is 4.57 Å². The predicted octanol–water partition coefficient (Wildman–Crippen LogP) is 1.95. The smallest absolute Gasteiger partial charge is 0.366 e. The maximum Gasteiger partial charge on any atom is 0.421 e. The first-order valence-electron chi connectivity index (χ1n) is 8.19. The van der Waals surface area contributed by atoms with Crippen LogP contribution in [0.2, 0.25) is 0 Å². The van der Waals surface area contributed by atoms with E-state index < -0.39 is 35.7 Å². The van der Waals surface area contributed by atoms with Crippen LogP contribution in [0.25, 0.3) is 0 Å². The van der Waals surface area contributed by atoms with Gasteiger partial charge in [0.05, 0.1) is 0 Å². The Hall–Kier alpha value is -3.10. The highest BCUT2D eigenvalue weighted by Crippen LogP contribution is 2.30. The number of hydrogen-bond donors (Lipinski definition) is 1. The van der Waals surface area contributed by atoms with E-state index in [1.807, 2.05) is 0 Å². The zero-order valence-electron chi connectivity index (χ0n) is 14.1. The van der Waals surface area contributed by atoms with Gasteiger partial charge < -0.3 is 15.2 Å². The van der Waals surface area contributed by atoms with Crippen molar-refractivity contribution in [3.8, 4) is 0 Å². The second kappa shape index (κ2) is 6.90. The topological polar surface area (TPSA) is 85.4 Å². The number of halogens is 3. The third-order valence-electron chi connectivity index (χ3n) is 4.45. The molecule has 2 amide bonds. The lowest BCUT2D eigenvalue weighted by molar-refractivity contribution is -0.139. The van der Waals surface area contributed by atoms with Crippen LogP contribution in [0.4, 0.5) is 18.9 Å². The number of rotatable bonds is 3. The number of pyridine rings is 1. The molecule has 6 nitrogen and oxygen atoms in total. The number of aromatic nitrogens is 1. The minimum atomic E-state index is -4.79. The van der Waals surface area contributed by atoms with Crippen molar-refractivity contribution >= 4 is 17.5 Å². The Labute approximate surface area is 152 Å². The van der Waals surface area contributed by atoms with Gasteiger partial charge in [-0.3, -0.25) is 14.4 Å². The fourth-order valence-electron chi connectivity index (χ4n) is 3.22. The summed E-state index contributed by atoms with van der Waals surface area (Å²) >= 11 is 0. The molecular formula is C18H16F3N3O3. The van der Waals surface area contributed by atoms with E-state index in [4.69, 9.17) is 5.73 Å². The minimum Gasteiger partial charge on any atom is -0.366 e. The van der Waals surface area contributed by atoms with Gasteiger partial charge in [0.15, 0.2) is 0 Å². The number of nitrogens with two attached hydrogens (primary N) is 1. The first-order valence-corrected chi connectivity index (χ1v) is 8.19. The van der Waals surface area contributed by atoms with E-state index in [1.54, 1.807) is 18.2 Å². The molecule has 2 aromatic rings. The van der Waals surface area contributed by atoms with Gasteiger partial charge in [-0.15, -0.1) is 0 Å². The Bertz CT molecular complexity index is 966. The van der Waals surface area contributed by atoms with Gasteiger partial charge in [-0.05, 0) is 42.7 Å².